The van der Waals surface area contributed by atoms with Crippen LogP contribution in [0.1, 0.15) is 37.9 Å². The van der Waals surface area contributed by atoms with Gasteiger partial charge in [0.1, 0.15) is 5.82 Å². The third-order valence-electron chi connectivity index (χ3n) is 4.36. The third-order valence-corrected chi connectivity index (χ3v) is 5.51. The molecule has 2 amide bonds. The topological polar surface area (TPSA) is 58.2 Å². The molecule has 0 bridgehead atoms. The van der Waals surface area contributed by atoms with E-state index in [9.17, 15) is 14.0 Å². The molecule has 2 aromatic rings. The van der Waals surface area contributed by atoms with Crippen LogP contribution in [0, 0.1) is 18.7 Å². The Balaban J connectivity index is 1.87. The lowest BCUT2D eigenvalue weighted by molar-refractivity contribution is -0.121. The maximum Gasteiger partial charge on any atom is 0.234 e. The summed E-state index contributed by atoms with van der Waals surface area (Å²) in [6.45, 7) is 7.77. The first-order valence-electron chi connectivity index (χ1n) is 9.30. The van der Waals surface area contributed by atoms with Gasteiger partial charge in [-0.2, -0.15) is 0 Å². The van der Waals surface area contributed by atoms with Crippen molar-refractivity contribution in [3.8, 4) is 0 Å². The standard InChI is InChI=1S/C22H27FN2O2S/c1-14(2)21(17-7-9-18(23)10-8-17)25-22(27)16(4)28-13-20(26)24-19-11-5-15(3)6-12-19/h5-12,14,16,21H,13H2,1-4H3,(H,24,26)(H,25,27). The Labute approximate surface area is 170 Å². The molecule has 0 fully saturated rings. The van der Waals surface area contributed by atoms with Crippen molar-refractivity contribution in [1.29, 1.82) is 0 Å². The van der Waals surface area contributed by atoms with E-state index in [2.05, 4.69) is 10.6 Å². The smallest absolute Gasteiger partial charge is 0.234 e. The second kappa shape index (κ2) is 10.3. The van der Waals surface area contributed by atoms with Crippen LogP contribution in [0.25, 0.3) is 0 Å². The van der Waals surface area contributed by atoms with Crippen LogP contribution in [-0.4, -0.2) is 22.8 Å². The average molecular weight is 403 g/mol. The van der Waals surface area contributed by atoms with Gasteiger partial charge in [0.2, 0.25) is 11.8 Å². The van der Waals surface area contributed by atoms with Gasteiger partial charge in [-0.05, 0) is 49.6 Å². The third kappa shape index (κ3) is 6.68. The summed E-state index contributed by atoms with van der Waals surface area (Å²) in [7, 11) is 0. The molecule has 0 aliphatic rings. The van der Waals surface area contributed by atoms with Gasteiger partial charge in [0.05, 0.1) is 17.0 Å². The Hall–Kier alpha value is -2.34. The minimum atomic E-state index is -0.384. The summed E-state index contributed by atoms with van der Waals surface area (Å²) in [6, 6.07) is 13.5. The second-order valence-corrected chi connectivity index (χ2v) is 8.48. The van der Waals surface area contributed by atoms with E-state index in [1.54, 1.807) is 19.1 Å². The average Bonchev–Trinajstić information content (AvgIpc) is 2.66. The fourth-order valence-corrected chi connectivity index (χ4v) is 3.38. The molecule has 0 spiro atoms. The lowest BCUT2D eigenvalue weighted by Crippen LogP contribution is -2.37. The van der Waals surface area contributed by atoms with Gasteiger partial charge in [-0.25, -0.2) is 4.39 Å². The summed E-state index contributed by atoms with van der Waals surface area (Å²) < 4.78 is 13.2. The van der Waals surface area contributed by atoms with Crippen LogP contribution in [0.2, 0.25) is 0 Å². The Morgan fingerprint density at radius 1 is 1.00 bits per heavy atom. The van der Waals surface area contributed by atoms with Gasteiger partial charge in [-0.15, -0.1) is 11.8 Å². The highest BCUT2D eigenvalue weighted by Gasteiger charge is 2.22. The monoisotopic (exact) mass is 402 g/mol. The van der Waals surface area contributed by atoms with E-state index in [1.807, 2.05) is 45.0 Å². The van der Waals surface area contributed by atoms with Gasteiger partial charge in [0.25, 0.3) is 0 Å². The van der Waals surface area contributed by atoms with Crippen LogP contribution in [0.4, 0.5) is 10.1 Å². The zero-order chi connectivity index (χ0) is 20.7. The van der Waals surface area contributed by atoms with Crippen molar-refractivity contribution in [1.82, 2.24) is 5.32 Å². The number of amides is 2. The van der Waals surface area contributed by atoms with Gasteiger partial charge in [-0.3, -0.25) is 9.59 Å². The minimum absolute atomic E-state index is 0.142. The number of benzene rings is 2. The number of nitrogens with one attached hydrogen (secondary N) is 2. The van der Waals surface area contributed by atoms with Crippen LogP contribution in [-0.2, 0) is 9.59 Å². The summed E-state index contributed by atoms with van der Waals surface area (Å²) in [5.74, 6) is -0.258. The van der Waals surface area contributed by atoms with E-state index in [0.29, 0.717) is 0 Å². The van der Waals surface area contributed by atoms with Crippen molar-refractivity contribution in [3.05, 3.63) is 65.5 Å². The van der Waals surface area contributed by atoms with E-state index in [0.717, 1.165) is 16.8 Å². The zero-order valence-electron chi connectivity index (χ0n) is 16.7. The Bertz CT molecular complexity index is 791. The molecule has 2 N–H and O–H groups in total. The molecular weight excluding hydrogens is 375 g/mol. The minimum Gasteiger partial charge on any atom is -0.348 e. The van der Waals surface area contributed by atoms with Gasteiger partial charge in [0.15, 0.2) is 0 Å². The number of halogens is 1. The number of carbonyl (C=O) groups is 2. The first kappa shape index (κ1) is 22.0. The summed E-state index contributed by atoms with van der Waals surface area (Å²) in [6.07, 6.45) is 0. The normalized spacial score (nSPS) is 13.1. The number of thioether (sulfide) groups is 1. The molecule has 0 saturated heterocycles. The van der Waals surface area contributed by atoms with Crippen molar-refractivity contribution in [2.45, 2.75) is 39.0 Å². The number of hydrogen-bond acceptors (Lipinski definition) is 3. The highest BCUT2D eigenvalue weighted by atomic mass is 32.2. The molecule has 0 aliphatic heterocycles. The fraction of sp³-hybridized carbons (Fsp3) is 0.364. The summed E-state index contributed by atoms with van der Waals surface area (Å²) in [4.78, 5) is 24.7. The van der Waals surface area contributed by atoms with Crippen LogP contribution >= 0.6 is 11.8 Å². The maximum atomic E-state index is 13.2. The maximum absolute atomic E-state index is 13.2. The largest absolute Gasteiger partial charge is 0.348 e. The van der Waals surface area contributed by atoms with Crippen molar-refractivity contribution >= 4 is 29.3 Å². The molecule has 2 unspecified atom stereocenters. The molecule has 0 aliphatic carbocycles. The molecule has 150 valence electrons. The molecule has 0 aromatic heterocycles. The molecular formula is C22H27FN2O2S. The van der Waals surface area contributed by atoms with Gasteiger partial charge >= 0.3 is 0 Å². The highest BCUT2D eigenvalue weighted by molar-refractivity contribution is 8.01. The van der Waals surface area contributed by atoms with E-state index in [-0.39, 0.29) is 40.6 Å². The predicted molar refractivity (Wildman–Crippen MR) is 114 cm³/mol. The lowest BCUT2D eigenvalue weighted by Gasteiger charge is -2.24. The number of hydrogen-bond donors (Lipinski definition) is 2. The molecule has 2 aromatic carbocycles. The fourth-order valence-electron chi connectivity index (χ4n) is 2.69. The molecule has 2 atom stereocenters. The van der Waals surface area contributed by atoms with Crippen molar-refractivity contribution in [3.63, 3.8) is 0 Å². The molecule has 0 saturated carbocycles. The van der Waals surface area contributed by atoms with Crippen molar-refractivity contribution < 1.29 is 14.0 Å². The number of carbonyl (C=O) groups excluding carboxylic acids is 2. The number of rotatable bonds is 8. The summed E-state index contributed by atoms with van der Waals surface area (Å²) in [5.41, 5.74) is 2.72. The number of aryl methyl sites for hydroxylation is 1. The van der Waals surface area contributed by atoms with Gasteiger partial charge in [-0.1, -0.05) is 43.7 Å². The van der Waals surface area contributed by atoms with Gasteiger partial charge < -0.3 is 10.6 Å². The molecule has 28 heavy (non-hydrogen) atoms. The SMILES string of the molecule is Cc1ccc(NC(=O)CSC(C)C(=O)NC(c2ccc(F)cc2)C(C)C)cc1. The van der Waals surface area contributed by atoms with Crippen LogP contribution < -0.4 is 10.6 Å². The molecule has 0 radical (unpaired) electrons. The van der Waals surface area contributed by atoms with Crippen molar-refractivity contribution in [2.24, 2.45) is 5.92 Å². The second-order valence-electron chi connectivity index (χ2n) is 7.15. The molecule has 4 nitrogen and oxygen atoms in total. The van der Waals surface area contributed by atoms with E-state index in [1.165, 1.54) is 23.9 Å². The van der Waals surface area contributed by atoms with Crippen LogP contribution in [0.5, 0.6) is 0 Å². The number of anilines is 1. The molecule has 0 heterocycles. The lowest BCUT2D eigenvalue weighted by atomic mass is 9.96. The van der Waals surface area contributed by atoms with E-state index < -0.39 is 0 Å². The van der Waals surface area contributed by atoms with E-state index in [4.69, 9.17) is 0 Å². The van der Waals surface area contributed by atoms with Crippen LogP contribution in [0.3, 0.4) is 0 Å². The molecule has 6 heteroatoms. The van der Waals surface area contributed by atoms with E-state index >= 15 is 0 Å². The Morgan fingerprint density at radius 2 is 1.61 bits per heavy atom. The predicted octanol–water partition coefficient (Wildman–Crippen LogP) is 4.71. The first-order valence-corrected chi connectivity index (χ1v) is 10.3. The van der Waals surface area contributed by atoms with Crippen LogP contribution in [0.15, 0.2) is 48.5 Å². The zero-order valence-corrected chi connectivity index (χ0v) is 17.5. The Morgan fingerprint density at radius 3 is 2.18 bits per heavy atom. The first-order chi connectivity index (χ1) is 13.3. The van der Waals surface area contributed by atoms with Crippen molar-refractivity contribution in [2.75, 3.05) is 11.1 Å². The Kier molecular flexibility index (Phi) is 8.05. The summed E-state index contributed by atoms with van der Waals surface area (Å²) >= 11 is 1.28. The molecule has 2 rings (SSSR count). The van der Waals surface area contributed by atoms with Gasteiger partial charge in [0, 0.05) is 5.69 Å². The quantitative estimate of drug-likeness (QED) is 0.672. The highest BCUT2D eigenvalue weighted by Crippen LogP contribution is 2.23. The summed E-state index contributed by atoms with van der Waals surface area (Å²) in [5, 5.41) is 5.46.